The van der Waals surface area contributed by atoms with E-state index in [1.165, 1.54) is 16.7 Å². The quantitative estimate of drug-likeness (QED) is 0.547. The van der Waals surface area contributed by atoms with Gasteiger partial charge in [-0.3, -0.25) is 14.0 Å². The SMILES string of the molecule is Cc1cccc(Nc2noc3c2CN(Cc2cc4c(cc2C)n(C)c(=O)n4C)CC3)c1. The number of benzene rings is 2. The fourth-order valence-corrected chi connectivity index (χ4v) is 4.46. The minimum absolute atomic E-state index is 0.00509. The van der Waals surface area contributed by atoms with Crippen molar-refractivity contribution in [2.24, 2.45) is 14.1 Å². The van der Waals surface area contributed by atoms with Crippen molar-refractivity contribution in [3.8, 4) is 0 Å². The van der Waals surface area contributed by atoms with Gasteiger partial charge in [-0.1, -0.05) is 17.3 Å². The molecule has 0 unspecified atom stereocenters. The molecular weight excluding hydrogens is 390 g/mol. The van der Waals surface area contributed by atoms with E-state index in [0.717, 1.165) is 59.9 Å². The average Bonchev–Trinajstić information content (AvgIpc) is 3.23. The molecule has 5 rings (SSSR count). The Balaban J connectivity index is 1.40. The second-order valence-electron chi connectivity index (χ2n) is 8.56. The van der Waals surface area contributed by atoms with Crippen LogP contribution in [0.3, 0.4) is 0 Å². The van der Waals surface area contributed by atoms with Crippen molar-refractivity contribution in [3.63, 3.8) is 0 Å². The number of fused-ring (bicyclic) bond motifs is 2. The number of aryl methyl sites for hydroxylation is 4. The number of nitrogens with one attached hydrogen (secondary N) is 1. The highest BCUT2D eigenvalue weighted by molar-refractivity contribution is 5.78. The van der Waals surface area contributed by atoms with Gasteiger partial charge in [0.1, 0.15) is 5.76 Å². The molecule has 2 aromatic heterocycles. The first kappa shape index (κ1) is 19.6. The van der Waals surface area contributed by atoms with Crippen LogP contribution in [0.25, 0.3) is 11.0 Å². The van der Waals surface area contributed by atoms with Crippen molar-refractivity contribution in [2.75, 3.05) is 11.9 Å². The van der Waals surface area contributed by atoms with Crippen LogP contribution in [-0.4, -0.2) is 25.7 Å². The zero-order valence-electron chi connectivity index (χ0n) is 18.4. The lowest BCUT2D eigenvalue weighted by Gasteiger charge is -2.26. The molecule has 2 aromatic carbocycles. The Bertz CT molecular complexity index is 1340. The van der Waals surface area contributed by atoms with Crippen LogP contribution in [0.5, 0.6) is 0 Å². The maximum atomic E-state index is 12.3. The molecule has 0 radical (unpaired) electrons. The Morgan fingerprint density at radius 3 is 2.65 bits per heavy atom. The molecule has 7 nitrogen and oxygen atoms in total. The number of rotatable bonds is 4. The summed E-state index contributed by atoms with van der Waals surface area (Å²) in [5, 5.41) is 7.71. The van der Waals surface area contributed by atoms with E-state index in [4.69, 9.17) is 4.52 Å². The van der Waals surface area contributed by atoms with Crippen LogP contribution in [0, 0.1) is 13.8 Å². The number of nitrogens with zero attached hydrogens (tertiary/aromatic N) is 4. The molecule has 3 heterocycles. The second kappa shape index (κ2) is 7.42. The van der Waals surface area contributed by atoms with E-state index in [1.807, 2.05) is 26.2 Å². The molecule has 7 heteroatoms. The lowest BCUT2D eigenvalue weighted by atomic mass is 10.0. The minimum atomic E-state index is 0.00509. The van der Waals surface area contributed by atoms with Gasteiger partial charge in [0.05, 0.1) is 16.6 Å². The largest absolute Gasteiger partial charge is 0.359 e. The molecule has 0 atom stereocenters. The van der Waals surface area contributed by atoms with Crippen LogP contribution in [-0.2, 0) is 33.6 Å². The Morgan fingerprint density at radius 1 is 1.10 bits per heavy atom. The van der Waals surface area contributed by atoms with Gasteiger partial charge in [0.15, 0.2) is 5.82 Å². The van der Waals surface area contributed by atoms with Crippen LogP contribution in [0.2, 0.25) is 0 Å². The molecule has 0 bridgehead atoms. The molecule has 1 N–H and O–H groups in total. The van der Waals surface area contributed by atoms with Gasteiger partial charge in [0, 0.05) is 45.8 Å². The van der Waals surface area contributed by atoms with Crippen LogP contribution in [0.15, 0.2) is 45.7 Å². The number of hydrogen-bond donors (Lipinski definition) is 1. The highest BCUT2D eigenvalue weighted by Gasteiger charge is 2.25. The molecule has 1 aliphatic heterocycles. The van der Waals surface area contributed by atoms with E-state index >= 15 is 0 Å². The second-order valence-corrected chi connectivity index (χ2v) is 8.56. The third kappa shape index (κ3) is 3.45. The van der Waals surface area contributed by atoms with Crippen LogP contribution >= 0.6 is 0 Å². The fourth-order valence-electron chi connectivity index (χ4n) is 4.46. The van der Waals surface area contributed by atoms with E-state index in [0.29, 0.717) is 0 Å². The summed E-state index contributed by atoms with van der Waals surface area (Å²) in [5.74, 6) is 1.76. The molecule has 0 amide bonds. The smallest absolute Gasteiger partial charge is 0.328 e. The van der Waals surface area contributed by atoms with Gasteiger partial charge in [0.2, 0.25) is 0 Å². The zero-order chi connectivity index (χ0) is 21.7. The maximum Gasteiger partial charge on any atom is 0.328 e. The summed E-state index contributed by atoms with van der Waals surface area (Å²) in [4.78, 5) is 14.7. The topological polar surface area (TPSA) is 68.2 Å². The maximum absolute atomic E-state index is 12.3. The zero-order valence-corrected chi connectivity index (χ0v) is 18.4. The molecule has 31 heavy (non-hydrogen) atoms. The van der Waals surface area contributed by atoms with Crippen molar-refractivity contribution in [3.05, 3.63) is 74.9 Å². The molecule has 4 aromatic rings. The molecule has 0 spiro atoms. The van der Waals surface area contributed by atoms with E-state index in [-0.39, 0.29) is 5.69 Å². The number of aromatic nitrogens is 3. The fraction of sp³-hybridized carbons (Fsp3) is 0.333. The normalized spacial score (nSPS) is 14.2. The summed E-state index contributed by atoms with van der Waals surface area (Å²) in [5.41, 5.74) is 7.72. The first-order valence-corrected chi connectivity index (χ1v) is 10.6. The highest BCUT2D eigenvalue weighted by atomic mass is 16.5. The van der Waals surface area contributed by atoms with E-state index in [2.05, 4.69) is 53.5 Å². The average molecular weight is 418 g/mol. The Morgan fingerprint density at radius 2 is 1.87 bits per heavy atom. The van der Waals surface area contributed by atoms with Gasteiger partial charge in [-0.05, 0) is 54.8 Å². The first-order chi connectivity index (χ1) is 14.9. The number of imidazole rings is 1. The first-order valence-electron chi connectivity index (χ1n) is 10.6. The van der Waals surface area contributed by atoms with E-state index < -0.39 is 0 Å². The number of anilines is 2. The van der Waals surface area contributed by atoms with Gasteiger partial charge in [-0.15, -0.1) is 0 Å². The van der Waals surface area contributed by atoms with E-state index in [9.17, 15) is 4.79 Å². The van der Waals surface area contributed by atoms with Crippen molar-refractivity contribution in [2.45, 2.75) is 33.4 Å². The molecular formula is C24H27N5O2. The summed E-state index contributed by atoms with van der Waals surface area (Å²) in [7, 11) is 3.65. The van der Waals surface area contributed by atoms with Crippen LogP contribution in [0.1, 0.15) is 28.0 Å². The Hall–Kier alpha value is -3.32. The summed E-state index contributed by atoms with van der Waals surface area (Å²) in [6.07, 6.45) is 0.836. The van der Waals surface area contributed by atoms with Gasteiger partial charge in [-0.2, -0.15) is 0 Å². The third-order valence-corrected chi connectivity index (χ3v) is 6.31. The Kier molecular flexibility index (Phi) is 4.70. The van der Waals surface area contributed by atoms with Crippen LogP contribution in [0.4, 0.5) is 11.5 Å². The lowest BCUT2D eigenvalue weighted by molar-refractivity contribution is 0.228. The van der Waals surface area contributed by atoms with Gasteiger partial charge < -0.3 is 9.84 Å². The molecule has 0 fully saturated rings. The molecule has 160 valence electrons. The van der Waals surface area contributed by atoms with Crippen LogP contribution < -0.4 is 11.0 Å². The summed E-state index contributed by atoms with van der Waals surface area (Å²) in [6, 6.07) is 12.5. The lowest BCUT2D eigenvalue weighted by Crippen LogP contribution is -2.30. The predicted molar refractivity (Wildman–Crippen MR) is 122 cm³/mol. The minimum Gasteiger partial charge on any atom is -0.359 e. The summed E-state index contributed by atoms with van der Waals surface area (Å²) < 4.78 is 9.05. The van der Waals surface area contributed by atoms with Crippen molar-refractivity contribution in [1.29, 1.82) is 0 Å². The van der Waals surface area contributed by atoms with Gasteiger partial charge in [0.25, 0.3) is 0 Å². The van der Waals surface area contributed by atoms with Crippen molar-refractivity contribution < 1.29 is 4.52 Å². The molecule has 1 aliphatic rings. The van der Waals surface area contributed by atoms with E-state index in [1.54, 1.807) is 9.13 Å². The molecule has 0 aliphatic carbocycles. The standard InChI is InChI=1S/C24H27N5O2/c1-15-6-5-7-18(10-15)25-23-19-14-29(9-8-22(19)31-26-23)13-17-12-21-20(11-16(17)2)27(3)24(30)28(21)4/h5-7,10-12H,8-9,13-14H2,1-4H3,(H,25,26). The summed E-state index contributed by atoms with van der Waals surface area (Å²) >= 11 is 0. The van der Waals surface area contributed by atoms with Gasteiger partial charge >= 0.3 is 5.69 Å². The van der Waals surface area contributed by atoms with Gasteiger partial charge in [-0.25, -0.2) is 4.79 Å². The van der Waals surface area contributed by atoms with Crippen molar-refractivity contribution >= 4 is 22.5 Å². The Labute approximate surface area is 180 Å². The third-order valence-electron chi connectivity index (χ3n) is 6.31. The highest BCUT2D eigenvalue weighted by Crippen LogP contribution is 2.30. The van der Waals surface area contributed by atoms with Crippen molar-refractivity contribution in [1.82, 2.24) is 19.2 Å². The molecule has 0 saturated carbocycles. The number of hydrogen-bond acceptors (Lipinski definition) is 5. The summed E-state index contributed by atoms with van der Waals surface area (Å²) in [6.45, 7) is 6.70. The monoisotopic (exact) mass is 417 g/mol. The molecule has 0 saturated heterocycles. The predicted octanol–water partition coefficient (Wildman–Crippen LogP) is 3.78.